The molecule has 3 heterocycles. The van der Waals surface area contributed by atoms with E-state index in [1.54, 1.807) is 12.3 Å². The van der Waals surface area contributed by atoms with Crippen LogP contribution in [0.3, 0.4) is 0 Å². The lowest BCUT2D eigenvalue weighted by atomic mass is 10.1. The van der Waals surface area contributed by atoms with E-state index in [0.29, 0.717) is 29.3 Å². The molecule has 4 rings (SSSR count). The van der Waals surface area contributed by atoms with Crippen molar-refractivity contribution in [3.05, 3.63) is 53.9 Å². The van der Waals surface area contributed by atoms with E-state index >= 15 is 0 Å². The van der Waals surface area contributed by atoms with Crippen LogP contribution in [0.5, 0.6) is 0 Å². The molecular weight excluding hydrogens is 330 g/mol. The van der Waals surface area contributed by atoms with Crippen molar-refractivity contribution in [2.24, 2.45) is 0 Å². The predicted molar refractivity (Wildman–Crippen MR) is 97.6 cm³/mol. The van der Waals surface area contributed by atoms with Crippen LogP contribution in [0.1, 0.15) is 23.0 Å². The number of hydrogen-bond donors (Lipinski definition) is 3. The van der Waals surface area contributed by atoms with Crippen molar-refractivity contribution in [3.63, 3.8) is 0 Å². The van der Waals surface area contributed by atoms with Gasteiger partial charge in [0.25, 0.3) is 5.91 Å². The third kappa shape index (κ3) is 2.95. The van der Waals surface area contributed by atoms with E-state index in [2.05, 4.69) is 25.6 Å². The Morgan fingerprint density at radius 1 is 1.19 bits per heavy atom. The number of hydrogen-bond acceptors (Lipinski definition) is 4. The number of H-pyrrole nitrogens is 1. The van der Waals surface area contributed by atoms with Crippen molar-refractivity contribution in [1.29, 1.82) is 0 Å². The monoisotopic (exact) mass is 347 g/mol. The van der Waals surface area contributed by atoms with Gasteiger partial charge in [-0.1, -0.05) is 12.1 Å². The predicted octanol–water partition coefficient (Wildman–Crippen LogP) is 2.38. The minimum atomic E-state index is -0.156. The van der Waals surface area contributed by atoms with E-state index in [0.717, 1.165) is 23.4 Å². The van der Waals surface area contributed by atoms with E-state index in [1.807, 2.05) is 30.3 Å². The van der Waals surface area contributed by atoms with E-state index in [-0.39, 0.29) is 11.8 Å². The molecule has 0 atom stereocenters. The number of benzene rings is 1. The zero-order chi connectivity index (χ0) is 18.1. The summed E-state index contributed by atoms with van der Waals surface area (Å²) in [5.74, 6) is 0.277. The van der Waals surface area contributed by atoms with Crippen LogP contribution in [0.25, 0.3) is 22.8 Å². The second-order valence-corrected chi connectivity index (χ2v) is 6.07. The van der Waals surface area contributed by atoms with Gasteiger partial charge in [0.1, 0.15) is 0 Å². The third-order valence-electron chi connectivity index (χ3n) is 4.21. The van der Waals surface area contributed by atoms with Crippen molar-refractivity contribution in [1.82, 2.24) is 20.3 Å². The fraction of sp³-hybridized carbons (Fsp3) is 0.158. The summed E-state index contributed by atoms with van der Waals surface area (Å²) in [5.41, 5.74) is 4.43. The highest BCUT2D eigenvalue weighted by atomic mass is 16.2. The molecule has 1 aromatic carbocycles. The summed E-state index contributed by atoms with van der Waals surface area (Å²) >= 11 is 0. The minimum Gasteiger partial charge on any atom is -0.356 e. The summed E-state index contributed by atoms with van der Waals surface area (Å²) in [6.45, 7) is 2.09. The molecule has 2 amide bonds. The second kappa shape index (κ2) is 6.44. The van der Waals surface area contributed by atoms with E-state index in [1.165, 1.54) is 6.92 Å². The van der Waals surface area contributed by atoms with Crippen molar-refractivity contribution in [2.75, 3.05) is 11.9 Å². The summed E-state index contributed by atoms with van der Waals surface area (Å²) in [6.07, 6.45) is 2.44. The molecule has 2 aromatic heterocycles. The molecule has 7 nitrogen and oxygen atoms in total. The lowest BCUT2D eigenvalue weighted by Crippen LogP contribution is -2.31. The molecule has 0 saturated carbocycles. The molecular formula is C19H17N5O2. The summed E-state index contributed by atoms with van der Waals surface area (Å²) in [5, 5.41) is 5.63. The highest BCUT2D eigenvalue weighted by Gasteiger charge is 2.20. The van der Waals surface area contributed by atoms with Crippen molar-refractivity contribution in [3.8, 4) is 22.8 Å². The molecule has 3 aromatic rings. The first-order valence-electron chi connectivity index (χ1n) is 8.32. The Balaban J connectivity index is 1.75. The van der Waals surface area contributed by atoms with Gasteiger partial charge in [0.15, 0.2) is 5.82 Å². The van der Waals surface area contributed by atoms with E-state index < -0.39 is 0 Å². The van der Waals surface area contributed by atoms with Crippen LogP contribution in [0.4, 0.5) is 5.69 Å². The molecule has 130 valence electrons. The molecule has 0 unspecified atom stereocenters. The summed E-state index contributed by atoms with van der Waals surface area (Å²) in [6, 6.07) is 11.0. The molecule has 0 radical (unpaired) electrons. The smallest absolute Gasteiger partial charge is 0.253 e. The third-order valence-corrected chi connectivity index (χ3v) is 4.21. The Bertz CT molecular complexity index is 1010. The number of para-hydroxylation sites is 1. The van der Waals surface area contributed by atoms with Crippen molar-refractivity contribution in [2.45, 2.75) is 13.3 Å². The van der Waals surface area contributed by atoms with Gasteiger partial charge in [-0.05, 0) is 24.3 Å². The van der Waals surface area contributed by atoms with Gasteiger partial charge in [0.05, 0.1) is 22.6 Å². The van der Waals surface area contributed by atoms with E-state index in [4.69, 9.17) is 0 Å². The van der Waals surface area contributed by atoms with Crippen LogP contribution in [0, 0.1) is 0 Å². The largest absolute Gasteiger partial charge is 0.356 e. The molecule has 7 heteroatoms. The fourth-order valence-corrected chi connectivity index (χ4v) is 3.05. The number of anilines is 1. The number of carbonyl (C=O) groups is 2. The summed E-state index contributed by atoms with van der Waals surface area (Å²) < 4.78 is 0. The SMILES string of the molecule is CC(=O)Nc1ccccc1-c1nccc(-c2cc3c([nH]2)CCNC3=O)n1. The molecule has 0 aliphatic carbocycles. The van der Waals surface area contributed by atoms with Gasteiger partial charge in [0.2, 0.25) is 5.91 Å². The molecule has 0 bridgehead atoms. The lowest BCUT2D eigenvalue weighted by molar-refractivity contribution is -0.114. The number of aromatic nitrogens is 3. The number of amides is 2. The van der Waals surface area contributed by atoms with Crippen LogP contribution < -0.4 is 10.6 Å². The normalized spacial score (nSPS) is 13.0. The number of nitrogens with zero attached hydrogens (tertiary/aromatic N) is 2. The lowest BCUT2D eigenvalue weighted by Gasteiger charge is -2.11. The zero-order valence-corrected chi connectivity index (χ0v) is 14.2. The van der Waals surface area contributed by atoms with Gasteiger partial charge >= 0.3 is 0 Å². The Morgan fingerprint density at radius 3 is 2.85 bits per heavy atom. The van der Waals surface area contributed by atoms with Gasteiger partial charge in [-0.3, -0.25) is 9.59 Å². The van der Waals surface area contributed by atoms with Gasteiger partial charge in [-0.2, -0.15) is 0 Å². The van der Waals surface area contributed by atoms with Crippen LogP contribution in [0.15, 0.2) is 42.6 Å². The maximum atomic E-state index is 12.0. The van der Waals surface area contributed by atoms with Crippen LogP contribution in [0.2, 0.25) is 0 Å². The molecule has 0 fully saturated rings. The van der Waals surface area contributed by atoms with Gasteiger partial charge < -0.3 is 15.6 Å². The molecule has 0 saturated heterocycles. The Kier molecular flexibility index (Phi) is 3.96. The van der Waals surface area contributed by atoms with Crippen LogP contribution >= 0.6 is 0 Å². The quantitative estimate of drug-likeness (QED) is 0.677. The van der Waals surface area contributed by atoms with Gasteiger partial charge in [-0.15, -0.1) is 0 Å². The average molecular weight is 347 g/mol. The first kappa shape index (κ1) is 16.0. The Hall–Kier alpha value is -3.48. The maximum Gasteiger partial charge on any atom is 0.253 e. The first-order valence-corrected chi connectivity index (χ1v) is 8.32. The zero-order valence-electron chi connectivity index (χ0n) is 14.2. The topological polar surface area (TPSA) is 99.8 Å². The minimum absolute atomic E-state index is 0.0703. The highest BCUT2D eigenvalue weighted by molar-refractivity contribution is 5.97. The number of carbonyl (C=O) groups excluding carboxylic acids is 2. The van der Waals surface area contributed by atoms with Crippen LogP contribution in [-0.2, 0) is 11.2 Å². The average Bonchev–Trinajstić information content (AvgIpc) is 3.08. The standard InChI is InChI=1S/C19H17N5O2/c1-11(25)22-14-5-3-2-4-12(14)18-20-8-7-16(24-18)17-10-13-15(23-17)6-9-21-19(13)26/h2-5,7-8,10,23H,6,9H2,1H3,(H,21,26)(H,22,25). The van der Waals surface area contributed by atoms with E-state index in [9.17, 15) is 9.59 Å². The fourth-order valence-electron chi connectivity index (χ4n) is 3.05. The Labute approximate surface area is 149 Å². The molecule has 26 heavy (non-hydrogen) atoms. The summed E-state index contributed by atoms with van der Waals surface area (Å²) in [4.78, 5) is 35.6. The highest BCUT2D eigenvalue weighted by Crippen LogP contribution is 2.28. The Morgan fingerprint density at radius 2 is 2.04 bits per heavy atom. The molecule has 3 N–H and O–H groups in total. The molecule has 1 aliphatic rings. The van der Waals surface area contributed by atoms with Crippen LogP contribution in [-0.4, -0.2) is 33.3 Å². The summed E-state index contributed by atoms with van der Waals surface area (Å²) in [7, 11) is 0. The number of rotatable bonds is 3. The number of fused-ring (bicyclic) bond motifs is 1. The first-order chi connectivity index (χ1) is 12.6. The van der Waals surface area contributed by atoms with Crippen molar-refractivity contribution < 1.29 is 9.59 Å². The van der Waals surface area contributed by atoms with Gasteiger partial charge in [-0.25, -0.2) is 9.97 Å². The maximum absolute atomic E-state index is 12.0. The number of aromatic amines is 1. The number of nitrogens with one attached hydrogen (secondary N) is 3. The second-order valence-electron chi connectivity index (χ2n) is 6.07. The van der Waals surface area contributed by atoms with Gasteiger partial charge in [0, 0.05) is 37.3 Å². The molecule has 1 aliphatic heterocycles. The molecule has 0 spiro atoms. The van der Waals surface area contributed by atoms with Crippen molar-refractivity contribution >= 4 is 17.5 Å².